The average molecular weight is 237 g/mol. The molecule has 0 aliphatic rings. The molecule has 0 saturated carbocycles. The van der Waals surface area contributed by atoms with Crippen molar-refractivity contribution in [3.8, 4) is 0 Å². The van der Waals surface area contributed by atoms with Gasteiger partial charge in [-0.15, -0.1) is 0 Å². The van der Waals surface area contributed by atoms with Gasteiger partial charge in [0.25, 0.3) is 0 Å². The second-order valence-corrected chi connectivity index (χ2v) is 4.19. The summed E-state index contributed by atoms with van der Waals surface area (Å²) in [4.78, 5) is 0. The van der Waals surface area contributed by atoms with Gasteiger partial charge in [-0.2, -0.15) is 0 Å². The molecule has 3 heteroatoms. The fourth-order valence-corrected chi connectivity index (χ4v) is 1.70. The highest BCUT2D eigenvalue weighted by Crippen LogP contribution is 2.18. The number of nitrogens with two attached hydrogens (primary N) is 1. The lowest BCUT2D eigenvalue weighted by Crippen LogP contribution is -2.40. The van der Waals surface area contributed by atoms with Crippen molar-refractivity contribution >= 4 is 0 Å². The summed E-state index contributed by atoms with van der Waals surface area (Å²) in [5.74, 6) is 0. The first-order valence-electron chi connectivity index (χ1n) is 6.22. The van der Waals surface area contributed by atoms with E-state index in [0.29, 0.717) is 19.9 Å². The minimum Gasteiger partial charge on any atom is -0.351 e. The van der Waals surface area contributed by atoms with E-state index in [0.717, 1.165) is 18.4 Å². The first kappa shape index (κ1) is 14.2. The van der Waals surface area contributed by atoms with Crippen molar-refractivity contribution in [1.29, 1.82) is 0 Å². The first-order chi connectivity index (χ1) is 8.26. The molecule has 1 aromatic rings. The van der Waals surface area contributed by atoms with Crippen LogP contribution in [0.2, 0.25) is 0 Å². The van der Waals surface area contributed by atoms with Gasteiger partial charge in [0.1, 0.15) is 6.79 Å². The van der Waals surface area contributed by atoms with Crippen LogP contribution in [0.25, 0.3) is 0 Å². The van der Waals surface area contributed by atoms with E-state index in [9.17, 15) is 0 Å². The van der Waals surface area contributed by atoms with Gasteiger partial charge in [-0.05, 0) is 18.4 Å². The van der Waals surface area contributed by atoms with Crippen LogP contribution in [0.4, 0.5) is 0 Å². The molecule has 0 aliphatic carbocycles. The minimum atomic E-state index is -0.226. The molecule has 0 atom stereocenters. The van der Waals surface area contributed by atoms with Crippen molar-refractivity contribution < 1.29 is 9.47 Å². The fraction of sp³-hybridized carbons (Fsp3) is 0.571. The molecule has 0 aromatic heterocycles. The predicted molar refractivity (Wildman–Crippen MR) is 69.6 cm³/mol. The van der Waals surface area contributed by atoms with Crippen molar-refractivity contribution in [2.45, 2.75) is 38.9 Å². The Kier molecular flexibility index (Phi) is 6.19. The Morgan fingerprint density at radius 3 is 2.29 bits per heavy atom. The second kappa shape index (κ2) is 7.43. The van der Waals surface area contributed by atoms with E-state index in [1.807, 2.05) is 30.3 Å². The Labute approximate surface area is 104 Å². The highest BCUT2D eigenvalue weighted by molar-refractivity contribution is 5.13. The van der Waals surface area contributed by atoms with Gasteiger partial charge in [0.05, 0.1) is 12.2 Å². The van der Waals surface area contributed by atoms with E-state index in [4.69, 9.17) is 15.2 Å². The van der Waals surface area contributed by atoms with E-state index in [2.05, 4.69) is 13.8 Å². The van der Waals surface area contributed by atoms with Crippen molar-refractivity contribution in [2.75, 3.05) is 13.3 Å². The Balaban J connectivity index is 2.28. The van der Waals surface area contributed by atoms with Gasteiger partial charge in [-0.1, -0.05) is 44.2 Å². The zero-order valence-corrected chi connectivity index (χ0v) is 10.8. The molecule has 0 radical (unpaired) electrons. The summed E-state index contributed by atoms with van der Waals surface area (Å²) in [6, 6.07) is 10.1. The average Bonchev–Trinajstić information content (AvgIpc) is 2.41. The number of hydrogen-bond acceptors (Lipinski definition) is 3. The van der Waals surface area contributed by atoms with E-state index < -0.39 is 0 Å². The van der Waals surface area contributed by atoms with E-state index in [-0.39, 0.29) is 5.60 Å². The molecule has 96 valence electrons. The standard InChI is InChI=1S/C14H23NO2/c1-3-14(4-2,11-15)17-12-16-10-13-8-6-5-7-9-13/h5-9H,3-4,10-12,15H2,1-2H3. The van der Waals surface area contributed by atoms with Gasteiger partial charge in [-0.25, -0.2) is 0 Å². The topological polar surface area (TPSA) is 44.5 Å². The molecule has 0 heterocycles. The molecular weight excluding hydrogens is 214 g/mol. The maximum atomic E-state index is 5.75. The third-order valence-electron chi connectivity index (χ3n) is 3.22. The smallest absolute Gasteiger partial charge is 0.147 e. The van der Waals surface area contributed by atoms with E-state index >= 15 is 0 Å². The quantitative estimate of drug-likeness (QED) is 0.558. The SMILES string of the molecule is CCC(CC)(CN)OCOCc1ccccc1. The predicted octanol–water partition coefficient (Wildman–Crippen LogP) is 2.69. The molecule has 1 aromatic carbocycles. The molecular formula is C14H23NO2. The number of benzene rings is 1. The fourth-order valence-electron chi connectivity index (χ4n) is 1.70. The molecule has 0 amide bonds. The third-order valence-corrected chi connectivity index (χ3v) is 3.22. The van der Waals surface area contributed by atoms with E-state index in [1.165, 1.54) is 0 Å². The van der Waals surface area contributed by atoms with Crippen LogP contribution in [-0.4, -0.2) is 18.9 Å². The van der Waals surface area contributed by atoms with Crippen molar-refractivity contribution in [1.82, 2.24) is 0 Å². The van der Waals surface area contributed by atoms with Crippen LogP contribution in [0.15, 0.2) is 30.3 Å². The largest absolute Gasteiger partial charge is 0.351 e. The second-order valence-electron chi connectivity index (χ2n) is 4.19. The van der Waals surface area contributed by atoms with Gasteiger partial charge in [-0.3, -0.25) is 0 Å². The summed E-state index contributed by atoms with van der Waals surface area (Å²) < 4.78 is 11.3. The highest BCUT2D eigenvalue weighted by Gasteiger charge is 2.24. The van der Waals surface area contributed by atoms with Crippen molar-refractivity contribution in [3.05, 3.63) is 35.9 Å². The lowest BCUT2D eigenvalue weighted by molar-refractivity contribution is -0.146. The van der Waals surface area contributed by atoms with Gasteiger partial charge >= 0.3 is 0 Å². The van der Waals surface area contributed by atoms with Gasteiger partial charge < -0.3 is 15.2 Å². The van der Waals surface area contributed by atoms with Crippen LogP contribution in [0, 0.1) is 0 Å². The monoisotopic (exact) mass is 237 g/mol. The Hall–Kier alpha value is -0.900. The van der Waals surface area contributed by atoms with Gasteiger partial charge in [0, 0.05) is 6.54 Å². The normalized spacial score (nSPS) is 11.7. The molecule has 0 bridgehead atoms. The Morgan fingerprint density at radius 1 is 1.12 bits per heavy atom. The third kappa shape index (κ3) is 4.46. The lowest BCUT2D eigenvalue weighted by atomic mass is 9.98. The molecule has 0 aliphatic heterocycles. The number of ether oxygens (including phenoxy) is 2. The summed E-state index contributed by atoms with van der Waals surface area (Å²) in [5.41, 5.74) is 6.67. The maximum absolute atomic E-state index is 5.75. The summed E-state index contributed by atoms with van der Waals surface area (Å²) in [7, 11) is 0. The van der Waals surface area contributed by atoms with Crippen LogP contribution in [-0.2, 0) is 16.1 Å². The molecule has 0 saturated heterocycles. The molecule has 17 heavy (non-hydrogen) atoms. The van der Waals surface area contributed by atoms with Crippen LogP contribution in [0.3, 0.4) is 0 Å². The molecule has 0 fully saturated rings. The van der Waals surface area contributed by atoms with E-state index in [1.54, 1.807) is 0 Å². The Bertz CT molecular complexity index is 288. The molecule has 2 N–H and O–H groups in total. The molecule has 0 unspecified atom stereocenters. The first-order valence-corrected chi connectivity index (χ1v) is 6.22. The van der Waals surface area contributed by atoms with Crippen LogP contribution in [0.1, 0.15) is 32.3 Å². The highest BCUT2D eigenvalue weighted by atomic mass is 16.7. The summed E-state index contributed by atoms with van der Waals surface area (Å²) in [6.07, 6.45) is 1.82. The summed E-state index contributed by atoms with van der Waals surface area (Å²) >= 11 is 0. The van der Waals surface area contributed by atoms with Gasteiger partial charge in [0.2, 0.25) is 0 Å². The lowest BCUT2D eigenvalue weighted by Gasteiger charge is -2.30. The zero-order chi connectivity index (χ0) is 12.6. The molecule has 1 rings (SSSR count). The van der Waals surface area contributed by atoms with Crippen molar-refractivity contribution in [2.24, 2.45) is 5.73 Å². The zero-order valence-electron chi connectivity index (χ0n) is 10.8. The number of hydrogen-bond donors (Lipinski definition) is 1. The van der Waals surface area contributed by atoms with Crippen molar-refractivity contribution in [3.63, 3.8) is 0 Å². The maximum Gasteiger partial charge on any atom is 0.147 e. The van der Waals surface area contributed by atoms with Crippen LogP contribution in [0.5, 0.6) is 0 Å². The molecule has 0 spiro atoms. The number of rotatable bonds is 8. The van der Waals surface area contributed by atoms with Crippen LogP contribution >= 0.6 is 0 Å². The minimum absolute atomic E-state index is 0.226. The summed E-state index contributed by atoms with van der Waals surface area (Å²) in [5, 5.41) is 0. The Morgan fingerprint density at radius 2 is 1.76 bits per heavy atom. The van der Waals surface area contributed by atoms with Crippen LogP contribution < -0.4 is 5.73 Å². The summed E-state index contributed by atoms with van der Waals surface area (Å²) in [6.45, 7) is 5.60. The van der Waals surface area contributed by atoms with Gasteiger partial charge in [0.15, 0.2) is 0 Å². The molecule has 3 nitrogen and oxygen atoms in total.